The molecule has 1 aromatic carbocycles. The van der Waals surface area contributed by atoms with Crippen molar-refractivity contribution in [1.29, 1.82) is 0 Å². The summed E-state index contributed by atoms with van der Waals surface area (Å²) in [6, 6.07) is 11.7. The second-order valence-corrected chi connectivity index (χ2v) is 8.03. The molecule has 2 aromatic rings. The van der Waals surface area contributed by atoms with Gasteiger partial charge in [-0.05, 0) is 69.1 Å². The summed E-state index contributed by atoms with van der Waals surface area (Å²) in [4.78, 5) is 18.2. The smallest absolute Gasteiger partial charge is 0.284 e. The topological polar surface area (TPSA) is 95.9 Å². The molecule has 0 bridgehead atoms. The molecule has 7 nitrogen and oxygen atoms in total. The van der Waals surface area contributed by atoms with Crippen LogP contribution in [0.4, 0.5) is 0 Å². The van der Waals surface area contributed by atoms with Crippen LogP contribution < -0.4 is 16.4 Å². The van der Waals surface area contributed by atoms with E-state index in [4.69, 9.17) is 21.8 Å². The molecule has 31 heavy (non-hydrogen) atoms. The van der Waals surface area contributed by atoms with E-state index in [0.29, 0.717) is 30.2 Å². The molecule has 4 N–H and O–H groups in total. The predicted molar refractivity (Wildman–Crippen MR) is 135 cm³/mol. The number of furan rings is 1. The van der Waals surface area contributed by atoms with Gasteiger partial charge in [0.2, 0.25) is 0 Å². The Morgan fingerprint density at radius 1 is 1.32 bits per heavy atom. The third-order valence-electron chi connectivity index (χ3n) is 5.37. The minimum atomic E-state index is -0.580. The summed E-state index contributed by atoms with van der Waals surface area (Å²) in [5, 5.41) is 7.50. The molecule has 3 rings (SSSR count). The van der Waals surface area contributed by atoms with Crippen molar-refractivity contribution in [1.82, 2.24) is 15.5 Å². The zero-order valence-electron chi connectivity index (χ0n) is 17.9. The van der Waals surface area contributed by atoms with Crippen LogP contribution >= 0.6 is 35.6 Å². The number of hydrogen-bond acceptors (Lipinski definition) is 4. The van der Waals surface area contributed by atoms with Crippen LogP contribution in [0, 0.1) is 5.92 Å². The van der Waals surface area contributed by atoms with Gasteiger partial charge in [0.1, 0.15) is 12.3 Å². The van der Waals surface area contributed by atoms with Gasteiger partial charge in [0, 0.05) is 24.2 Å². The van der Waals surface area contributed by atoms with Crippen molar-refractivity contribution in [2.45, 2.75) is 32.4 Å². The van der Waals surface area contributed by atoms with E-state index in [-0.39, 0.29) is 29.7 Å². The minimum absolute atomic E-state index is 0. The van der Waals surface area contributed by atoms with Crippen LogP contribution in [0.3, 0.4) is 0 Å². The summed E-state index contributed by atoms with van der Waals surface area (Å²) in [5.74, 6) is 1.30. The van der Waals surface area contributed by atoms with Gasteiger partial charge in [-0.25, -0.2) is 4.99 Å². The van der Waals surface area contributed by atoms with Crippen LogP contribution in [0.15, 0.2) is 45.8 Å². The standard InChI is InChI=1S/C22H30ClN5O2.HI/c1-3-25-22(27-14-18-9-10-19(30-18)21(24)29)26-13-16-7-5-11-28(2)20(16)15-6-4-8-17(23)12-15;/h4,6,8-10,12,16,20H,3,5,7,11,13-14H2,1-2H3,(H2,24,29)(H2,25,26,27);1H. The molecule has 1 aromatic heterocycles. The van der Waals surface area contributed by atoms with E-state index in [2.05, 4.69) is 39.7 Å². The molecule has 1 saturated heterocycles. The number of rotatable bonds is 7. The van der Waals surface area contributed by atoms with Crippen LogP contribution in [0.25, 0.3) is 0 Å². The minimum Gasteiger partial charge on any atom is -0.454 e. The quantitative estimate of drug-likeness (QED) is 0.273. The average Bonchev–Trinajstić information content (AvgIpc) is 3.19. The van der Waals surface area contributed by atoms with E-state index in [9.17, 15) is 4.79 Å². The Bertz CT molecular complexity index is 888. The number of benzene rings is 1. The number of halogens is 2. The number of amides is 1. The zero-order valence-corrected chi connectivity index (χ0v) is 21.0. The maximum atomic E-state index is 11.2. The van der Waals surface area contributed by atoms with Crippen LogP contribution in [-0.4, -0.2) is 43.4 Å². The summed E-state index contributed by atoms with van der Waals surface area (Å²) in [7, 11) is 2.17. The SMILES string of the molecule is CCNC(=NCc1ccc(C(N)=O)o1)NCC1CCCN(C)C1c1cccc(Cl)c1.I. The van der Waals surface area contributed by atoms with Crippen LogP contribution in [0.2, 0.25) is 5.02 Å². The highest BCUT2D eigenvalue weighted by Crippen LogP contribution is 2.35. The molecule has 1 fully saturated rings. The molecule has 0 saturated carbocycles. The van der Waals surface area contributed by atoms with Gasteiger partial charge in [0.15, 0.2) is 11.7 Å². The lowest BCUT2D eigenvalue weighted by molar-refractivity contribution is 0.0972. The molecule has 9 heteroatoms. The Hall–Kier alpha value is -1.78. The molecular weight excluding hydrogens is 529 g/mol. The first-order chi connectivity index (χ1) is 14.5. The fourth-order valence-electron chi connectivity index (χ4n) is 4.01. The van der Waals surface area contributed by atoms with Crippen LogP contribution in [0.1, 0.15) is 47.7 Å². The van der Waals surface area contributed by atoms with E-state index >= 15 is 0 Å². The summed E-state index contributed by atoms with van der Waals surface area (Å²) in [6.07, 6.45) is 2.30. The number of likely N-dealkylation sites (tertiary alicyclic amines) is 1. The Balaban J connectivity index is 0.00000341. The molecule has 1 aliphatic rings. The molecular formula is C22H31ClIN5O2. The van der Waals surface area contributed by atoms with E-state index < -0.39 is 5.91 Å². The van der Waals surface area contributed by atoms with Crippen molar-refractivity contribution in [2.24, 2.45) is 16.6 Å². The summed E-state index contributed by atoms with van der Waals surface area (Å²) in [6.45, 7) is 4.96. The van der Waals surface area contributed by atoms with Gasteiger partial charge in [-0.15, -0.1) is 24.0 Å². The highest BCUT2D eigenvalue weighted by atomic mass is 127. The maximum Gasteiger partial charge on any atom is 0.284 e. The summed E-state index contributed by atoms with van der Waals surface area (Å²) < 4.78 is 5.41. The number of carbonyl (C=O) groups excluding carboxylic acids is 1. The Morgan fingerprint density at radius 2 is 2.13 bits per heavy atom. The normalized spacial score (nSPS) is 19.5. The number of carbonyl (C=O) groups is 1. The number of nitrogens with two attached hydrogens (primary N) is 1. The largest absolute Gasteiger partial charge is 0.454 e. The maximum absolute atomic E-state index is 11.2. The lowest BCUT2D eigenvalue weighted by atomic mass is 9.85. The van der Waals surface area contributed by atoms with Crippen molar-refractivity contribution >= 4 is 47.4 Å². The molecule has 0 aliphatic carbocycles. The number of hydrogen-bond donors (Lipinski definition) is 3. The second-order valence-electron chi connectivity index (χ2n) is 7.59. The lowest BCUT2D eigenvalue weighted by Crippen LogP contribution is -2.45. The molecule has 2 unspecified atom stereocenters. The third-order valence-corrected chi connectivity index (χ3v) is 5.61. The predicted octanol–water partition coefficient (Wildman–Crippen LogP) is 3.79. The molecule has 1 amide bonds. The number of primary amides is 1. The van der Waals surface area contributed by atoms with Crippen LogP contribution in [0.5, 0.6) is 0 Å². The fraction of sp³-hybridized carbons (Fsp3) is 0.455. The van der Waals surface area contributed by atoms with Gasteiger partial charge in [-0.3, -0.25) is 9.69 Å². The Labute approximate surface area is 205 Å². The highest BCUT2D eigenvalue weighted by molar-refractivity contribution is 14.0. The van der Waals surface area contributed by atoms with E-state index in [0.717, 1.165) is 37.5 Å². The number of nitrogens with zero attached hydrogens (tertiary/aromatic N) is 2. The van der Waals surface area contributed by atoms with Crippen molar-refractivity contribution in [2.75, 3.05) is 26.7 Å². The first kappa shape index (κ1) is 25.5. The molecule has 1 aliphatic heterocycles. The fourth-order valence-corrected chi connectivity index (χ4v) is 4.21. The second kappa shape index (κ2) is 12.3. The highest BCUT2D eigenvalue weighted by Gasteiger charge is 2.30. The summed E-state index contributed by atoms with van der Waals surface area (Å²) >= 11 is 6.25. The van der Waals surface area contributed by atoms with Gasteiger partial charge in [-0.1, -0.05) is 23.7 Å². The molecule has 2 heterocycles. The first-order valence-electron chi connectivity index (χ1n) is 10.3. The van der Waals surface area contributed by atoms with Crippen molar-refractivity contribution in [3.8, 4) is 0 Å². The monoisotopic (exact) mass is 559 g/mol. The van der Waals surface area contributed by atoms with E-state index in [1.165, 1.54) is 5.56 Å². The summed E-state index contributed by atoms with van der Waals surface area (Å²) in [5.41, 5.74) is 6.48. The average molecular weight is 560 g/mol. The zero-order chi connectivity index (χ0) is 21.5. The first-order valence-corrected chi connectivity index (χ1v) is 10.7. The number of aliphatic imine (C=N–C) groups is 1. The molecule has 0 spiro atoms. The number of piperidine rings is 1. The van der Waals surface area contributed by atoms with E-state index in [1.807, 2.05) is 19.1 Å². The number of nitrogens with one attached hydrogen (secondary N) is 2. The van der Waals surface area contributed by atoms with Gasteiger partial charge in [0.05, 0.1) is 0 Å². The van der Waals surface area contributed by atoms with Crippen molar-refractivity contribution < 1.29 is 9.21 Å². The van der Waals surface area contributed by atoms with Gasteiger partial charge in [0.25, 0.3) is 5.91 Å². The van der Waals surface area contributed by atoms with E-state index in [1.54, 1.807) is 12.1 Å². The Morgan fingerprint density at radius 3 is 2.81 bits per heavy atom. The molecule has 170 valence electrons. The van der Waals surface area contributed by atoms with Gasteiger partial charge in [-0.2, -0.15) is 0 Å². The molecule has 0 radical (unpaired) electrons. The van der Waals surface area contributed by atoms with Crippen molar-refractivity contribution in [3.63, 3.8) is 0 Å². The third kappa shape index (κ3) is 7.11. The molecule has 2 atom stereocenters. The number of guanidine groups is 1. The van der Waals surface area contributed by atoms with Crippen LogP contribution in [-0.2, 0) is 6.54 Å². The lowest BCUT2D eigenvalue weighted by Gasteiger charge is -2.40. The Kier molecular flexibility index (Phi) is 10.1. The van der Waals surface area contributed by atoms with Gasteiger partial charge >= 0.3 is 0 Å². The van der Waals surface area contributed by atoms with Crippen molar-refractivity contribution in [3.05, 3.63) is 58.5 Å². The van der Waals surface area contributed by atoms with Gasteiger partial charge < -0.3 is 20.8 Å².